The van der Waals surface area contributed by atoms with Crippen molar-refractivity contribution in [3.8, 4) is 0 Å². The fourth-order valence-electron chi connectivity index (χ4n) is 2.95. The van der Waals surface area contributed by atoms with E-state index in [4.69, 9.17) is 4.74 Å². The fraction of sp³-hybridized carbons (Fsp3) is 0.778. The molecule has 0 aromatic heterocycles. The number of unbranched alkanes of at least 4 members (excludes halogenated alkanes) is 9. The van der Waals surface area contributed by atoms with Crippen molar-refractivity contribution in [1.82, 2.24) is 0 Å². The highest BCUT2D eigenvalue weighted by atomic mass is 79.9. The summed E-state index contributed by atoms with van der Waals surface area (Å²) in [5, 5.41) is 23.3. The molecule has 1 aliphatic carbocycles. The molecule has 0 amide bonds. The SMILES string of the molecule is O=[N+]([O-])C1=CC=CC(OCCCCCCCCCCCCBr)([N+](=O)[O-])C1. The van der Waals surface area contributed by atoms with E-state index in [0.29, 0.717) is 0 Å². The summed E-state index contributed by atoms with van der Waals surface area (Å²) in [4.78, 5) is 21.1. The van der Waals surface area contributed by atoms with E-state index >= 15 is 0 Å². The van der Waals surface area contributed by atoms with Gasteiger partial charge < -0.3 is 4.74 Å². The van der Waals surface area contributed by atoms with Gasteiger partial charge in [0.1, 0.15) is 6.42 Å². The van der Waals surface area contributed by atoms with Gasteiger partial charge in [-0.15, -0.1) is 0 Å². The first kappa shape index (κ1) is 22.8. The normalized spacial score (nSPS) is 19.3. The lowest BCUT2D eigenvalue weighted by Gasteiger charge is -2.22. The van der Waals surface area contributed by atoms with E-state index in [1.807, 2.05) is 0 Å². The number of nitro groups is 2. The molecule has 0 N–H and O–H groups in total. The molecule has 1 aliphatic rings. The van der Waals surface area contributed by atoms with Crippen molar-refractivity contribution >= 4 is 15.9 Å². The zero-order valence-corrected chi connectivity index (χ0v) is 16.8. The van der Waals surface area contributed by atoms with Crippen LogP contribution >= 0.6 is 15.9 Å². The summed E-state index contributed by atoms with van der Waals surface area (Å²) < 4.78 is 5.46. The Morgan fingerprint density at radius 3 is 2.00 bits per heavy atom. The van der Waals surface area contributed by atoms with Crippen molar-refractivity contribution < 1.29 is 14.6 Å². The quantitative estimate of drug-likeness (QED) is 0.113. The van der Waals surface area contributed by atoms with Crippen LogP contribution in [0.2, 0.25) is 0 Å². The highest BCUT2D eigenvalue weighted by Gasteiger charge is 2.47. The highest BCUT2D eigenvalue weighted by Crippen LogP contribution is 2.28. The maximum absolute atomic E-state index is 11.4. The lowest BCUT2D eigenvalue weighted by molar-refractivity contribution is -0.618. The number of ether oxygens (including phenoxy) is 1. The topological polar surface area (TPSA) is 95.5 Å². The van der Waals surface area contributed by atoms with Crippen LogP contribution in [-0.4, -0.2) is 27.5 Å². The third-order valence-corrected chi connectivity index (χ3v) is 5.06. The fourth-order valence-corrected chi connectivity index (χ4v) is 3.35. The molecule has 1 unspecified atom stereocenters. The molecule has 0 aromatic carbocycles. The summed E-state index contributed by atoms with van der Waals surface area (Å²) in [7, 11) is 0. The molecule has 0 aromatic rings. The number of rotatable bonds is 15. The largest absolute Gasteiger partial charge is 0.355 e. The molecule has 0 aliphatic heterocycles. The Bertz CT molecular complexity index is 510. The minimum Gasteiger partial charge on any atom is -0.311 e. The molecule has 0 radical (unpaired) electrons. The van der Waals surface area contributed by atoms with Crippen LogP contribution in [0.1, 0.15) is 70.6 Å². The standard InChI is InChI=1S/C18H29BrN2O5/c19-14-9-7-5-3-1-2-4-6-8-10-15-26-18(21(24)25)13-11-12-17(16-18)20(22)23/h11-13H,1-10,14-16H2. The van der Waals surface area contributed by atoms with Crippen molar-refractivity contribution in [2.75, 3.05) is 11.9 Å². The van der Waals surface area contributed by atoms with Gasteiger partial charge in [0.25, 0.3) is 5.70 Å². The zero-order valence-electron chi connectivity index (χ0n) is 15.2. The summed E-state index contributed by atoms with van der Waals surface area (Å²) in [6.07, 6.45) is 15.2. The Morgan fingerprint density at radius 2 is 1.50 bits per heavy atom. The van der Waals surface area contributed by atoms with Gasteiger partial charge in [-0.05, 0) is 18.9 Å². The van der Waals surface area contributed by atoms with Crippen LogP contribution in [0.5, 0.6) is 0 Å². The van der Waals surface area contributed by atoms with E-state index in [1.54, 1.807) is 0 Å². The Kier molecular flexibility index (Phi) is 11.4. The molecule has 1 rings (SSSR count). The van der Waals surface area contributed by atoms with Crippen LogP contribution in [0.15, 0.2) is 23.9 Å². The lowest BCUT2D eigenvalue weighted by atomic mass is 10.0. The predicted octanol–water partition coefficient (Wildman–Crippen LogP) is 5.39. The average molecular weight is 433 g/mol. The van der Waals surface area contributed by atoms with Crippen LogP contribution in [0, 0.1) is 20.2 Å². The third-order valence-electron chi connectivity index (χ3n) is 4.50. The summed E-state index contributed by atoms with van der Waals surface area (Å²) >= 11 is 3.44. The van der Waals surface area contributed by atoms with E-state index < -0.39 is 15.6 Å². The van der Waals surface area contributed by atoms with Crippen molar-refractivity contribution in [3.63, 3.8) is 0 Å². The number of allylic oxidation sites excluding steroid dienone is 2. The molecule has 26 heavy (non-hydrogen) atoms. The molecule has 0 saturated heterocycles. The molecule has 148 valence electrons. The van der Waals surface area contributed by atoms with Gasteiger partial charge >= 0.3 is 5.72 Å². The van der Waals surface area contributed by atoms with Gasteiger partial charge in [-0.25, -0.2) is 0 Å². The second-order valence-electron chi connectivity index (χ2n) is 6.63. The minimum atomic E-state index is -1.80. The van der Waals surface area contributed by atoms with Crippen LogP contribution in [0.3, 0.4) is 0 Å². The number of halogens is 1. The summed E-state index contributed by atoms with van der Waals surface area (Å²) in [6, 6.07) is 0. The zero-order chi connectivity index (χ0) is 19.3. The van der Waals surface area contributed by atoms with Crippen LogP contribution in [-0.2, 0) is 4.74 Å². The van der Waals surface area contributed by atoms with Gasteiger partial charge in [0.05, 0.1) is 16.5 Å². The maximum atomic E-state index is 11.4. The Balaban J connectivity index is 2.14. The van der Waals surface area contributed by atoms with Gasteiger partial charge in [0.2, 0.25) is 0 Å². The van der Waals surface area contributed by atoms with Crippen molar-refractivity contribution in [2.45, 2.75) is 76.4 Å². The van der Waals surface area contributed by atoms with E-state index in [2.05, 4.69) is 15.9 Å². The number of nitrogens with zero attached hydrogens (tertiary/aromatic N) is 2. The predicted molar refractivity (Wildman–Crippen MR) is 104 cm³/mol. The van der Waals surface area contributed by atoms with Gasteiger partial charge in [-0.2, -0.15) is 0 Å². The number of hydrogen-bond donors (Lipinski definition) is 0. The van der Waals surface area contributed by atoms with Crippen LogP contribution in [0.4, 0.5) is 0 Å². The first-order valence-electron chi connectivity index (χ1n) is 9.39. The van der Waals surface area contributed by atoms with E-state index in [1.165, 1.54) is 63.2 Å². The molecule has 0 saturated carbocycles. The summed E-state index contributed by atoms with van der Waals surface area (Å²) in [5.41, 5.74) is -1.99. The summed E-state index contributed by atoms with van der Waals surface area (Å²) in [5.74, 6) is 0. The average Bonchev–Trinajstić information content (AvgIpc) is 2.62. The molecule has 0 heterocycles. The van der Waals surface area contributed by atoms with E-state index in [-0.39, 0.29) is 18.7 Å². The van der Waals surface area contributed by atoms with Crippen LogP contribution in [0.25, 0.3) is 0 Å². The smallest absolute Gasteiger partial charge is 0.311 e. The number of hydrogen-bond acceptors (Lipinski definition) is 5. The molecule has 1 atom stereocenters. The molecule has 7 nitrogen and oxygen atoms in total. The molecule has 0 bridgehead atoms. The second-order valence-corrected chi connectivity index (χ2v) is 7.42. The van der Waals surface area contributed by atoms with Gasteiger partial charge in [0.15, 0.2) is 0 Å². The van der Waals surface area contributed by atoms with E-state index in [0.717, 1.165) is 24.6 Å². The molecule has 0 fully saturated rings. The molecular formula is C18H29BrN2O5. The Morgan fingerprint density at radius 1 is 0.962 bits per heavy atom. The molecule has 8 heteroatoms. The van der Waals surface area contributed by atoms with Gasteiger partial charge in [0, 0.05) is 17.5 Å². The van der Waals surface area contributed by atoms with Gasteiger partial charge in [-0.3, -0.25) is 20.2 Å². The molecule has 0 spiro atoms. The highest BCUT2D eigenvalue weighted by molar-refractivity contribution is 9.09. The maximum Gasteiger partial charge on any atom is 0.355 e. The first-order valence-corrected chi connectivity index (χ1v) is 10.5. The summed E-state index contributed by atoms with van der Waals surface area (Å²) in [6.45, 7) is 0.239. The Hall–Kier alpha value is -1.28. The molecular weight excluding hydrogens is 404 g/mol. The second kappa shape index (κ2) is 13.0. The monoisotopic (exact) mass is 432 g/mol. The number of alkyl halides is 1. The van der Waals surface area contributed by atoms with Crippen LogP contribution < -0.4 is 0 Å². The van der Waals surface area contributed by atoms with Gasteiger partial charge in [-0.1, -0.05) is 67.3 Å². The Labute approximate surface area is 163 Å². The van der Waals surface area contributed by atoms with Crippen molar-refractivity contribution in [2.24, 2.45) is 0 Å². The lowest BCUT2D eigenvalue weighted by Crippen LogP contribution is -2.41. The first-order chi connectivity index (χ1) is 12.5. The van der Waals surface area contributed by atoms with Crippen molar-refractivity contribution in [1.29, 1.82) is 0 Å². The third kappa shape index (κ3) is 8.40. The van der Waals surface area contributed by atoms with E-state index in [9.17, 15) is 20.2 Å². The minimum absolute atomic E-state index is 0.194. The van der Waals surface area contributed by atoms with Crippen molar-refractivity contribution in [3.05, 3.63) is 44.2 Å².